The number of carbonyl (C=O) groups excluding carboxylic acids is 2. The molecule has 1 N–H and O–H groups in total. The van der Waals surface area contributed by atoms with Crippen LogP contribution in [0.1, 0.15) is 38.3 Å². The van der Waals surface area contributed by atoms with E-state index in [0.717, 1.165) is 11.1 Å². The van der Waals surface area contributed by atoms with Crippen LogP contribution in [0.25, 0.3) is 0 Å². The van der Waals surface area contributed by atoms with Gasteiger partial charge in [-0.25, -0.2) is 4.79 Å². The van der Waals surface area contributed by atoms with Gasteiger partial charge in [-0.05, 0) is 37.3 Å². The lowest BCUT2D eigenvalue weighted by Crippen LogP contribution is -2.44. The molecule has 1 unspecified atom stereocenters. The first-order valence-electron chi connectivity index (χ1n) is 7.02. The number of hydrogen-bond donors (Lipinski definition) is 1. The summed E-state index contributed by atoms with van der Waals surface area (Å²) < 4.78 is 0. The van der Waals surface area contributed by atoms with Crippen LogP contribution in [0.3, 0.4) is 0 Å². The van der Waals surface area contributed by atoms with Gasteiger partial charge >= 0.3 is 6.03 Å². The molecule has 108 valence electrons. The van der Waals surface area contributed by atoms with E-state index in [0.29, 0.717) is 18.9 Å². The topological polar surface area (TPSA) is 49.4 Å². The molecular formula is C16H22N2O2. The lowest BCUT2D eigenvalue weighted by atomic mass is 9.91. The molecule has 0 aromatic heterocycles. The standard InChI is InChI=1S/C16H22N2O2/c1-11(2)9-16(4)14(19)18(15(20)17-16)10-13-8-6-5-7-12(13)3/h5-8,11H,9-10H2,1-4H3,(H,17,20). The van der Waals surface area contributed by atoms with Crippen molar-refractivity contribution in [3.63, 3.8) is 0 Å². The number of hydrogen-bond acceptors (Lipinski definition) is 2. The number of rotatable bonds is 4. The first-order chi connectivity index (χ1) is 9.33. The van der Waals surface area contributed by atoms with E-state index in [1.54, 1.807) is 0 Å². The fraction of sp³-hybridized carbons (Fsp3) is 0.500. The molecule has 1 aromatic rings. The quantitative estimate of drug-likeness (QED) is 0.858. The molecule has 4 heteroatoms. The Kier molecular flexibility index (Phi) is 3.84. The highest BCUT2D eigenvalue weighted by molar-refractivity contribution is 6.06. The summed E-state index contributed by atoms with van der Waals surface area (Å²) in [7, 11) is 0. The Morgan fingerprint density at radius 2 is 1.90 bits per heavy atom. The van der Waals surface area contributed by atoms with E-state index in [-0.39, 0.29) is 11.9 Å². The lowest BCUT2D eigenvalue weighted by Gasteiger charge is -2.23. The van der Waals surface area contributed by atoms with Gasteiger partial charge in [-0.15, -0.1) is 0 Å². The molecule has 4 nitrogen and oxygen atoms in total. The van der Waals surface area contributed by atoms with Crippen LogP contribution in [-0.4, -0.2) is 22.4 Å². The molecule has 1 fully saturated rings. The summed E-state index contributed by atoms with van der Waals surface area (Å²) in [5, 5.41) is 2.84. The van der Waals surface area contributed by atoms with Crippen molar-refractivity contribution in [3.8, 4) is 0 Å². The van der Waals surface area contributed by atoms with Crippen molar-refractivity contribution in [2.75, 3.05) is 0 Å². The van der Waals surface area contributed by atoms with Crippen molar-refractivity contribution in [2.45, 2.75) is 46.2 Å². The van der Waals surface area contributed by atoms with Crippen LogP contribution in [0.4, 0.5) is 4.79 Å². The van der Waals surface area contributed by atoms with Crippen LogP contribution < -0.4 is 5.32 Å². The maximum absolute atomic E-state index is 12.5. The number of benzene rings is 1. The summed E-state index contributed by atoms with van der Waals surface area (Å²) in [5.41, 5.74) is 1.32. The number of urea groups is 1. The zero-order chi connectivity index (χ0) is 14.9. The highest BCUT2D eigenvalue weighted by Crippen LogP contribution is 2.26. The van der Waals surface area contributed by atoms with E-state index in [1.807, 2.05) is 38.1 Å². The van der Waals surface area contributed by atoms with Gasteiger partial charge in [-0.1, -0.05) is 38.1 Å². The average Bonchev–Trinajstić information content (AvgIpc) is 2.54. The molecule has 0 spiro atoms. The van der Waals surface area contributed by atoms with E-state index >= 15 is 0 Å². The second kappa shape index (κ2) is 5.27. The molecule has 2 rings (SSSR count). The average molecular weight is 274 g/mol. The molecule has 0 aliphatic carbocycles. The van der Waals surface area contributed by atoms with Crippen LogP contribution in [0.5, 0.6) is 0 Å². The predicted octanol–water partition coefficient (Wildman–Crippen LogP) is 2.85. The fourth-order valence-corrected chi connectivity index (χ4v) is 2.80. The molecule has 20 heavy (non-hydrogen) atoms. The van der Waals surface area contributed by atoms with Crippen molar-refractivity contribution in [1.29, 1.82) is 0 Å². The summed E-state index contributed by atoms with van der Waals surface area (Å²) in [6.45, 7) is 8.24. The molecule has 3 amide bonds. The number of carbonyl (C=O) groups is 2. The molecule has 1 saturated heterocycles. The van der Waals surface area contributed by atoms with Crippen LogP contribution in [0, 0.1) is 12.8 Å². The third-order valence-corrected chi connectivity index (χ3v) is 3.75. The molecule has 0 radical (unpaired) electrons. The minimum Gasteiger partial charge on any atom is -0.323 e. The minimum absolute atomic E-state index is 0.126. The summed E-state index contributed by atoms with van der Waals surface area (Å²) in [6.07, 6.45) is 0.655. The number of imide groups is 1. The third kappa shape index (κ3) is 2.69. The number of nitrogens with zero attached hydrogens (tertiary/aromatic N) is 1. The second-order valence-electron chi connectivity index (χ2n) is 6.18. The number of nitrogens with one attached hydrogen (secondary N) is 1. The van der Waals surface area contributed by atoms with Gasteiger partial charge in [0, 0.05) is 0 Å². The maximum atomic E-state index is 12.5. The van der Waals surface area contributed by atoms with Crippen molar-refractivity contribution < 1.29 is 9.59 Å². The predicted molar refractivity (Wildman–Crippen MR) is 78.1 cm³/mol. The SMILES string of the molecule is Cc1ccccc1CN1C(=O)NC(C)(CC(C)C)C1=O. The van der Waals surface area contributed by atoms with Crippen LogP contribution in [-0.2, 0) is 11.3 Å². The van der Waals surface area contributed by atoms with E-state index in [4.69, 9.17) is 0 Å². The summed E-state index contributed by atoms with van der Waals surface area (Å²) in [4.78, 5) is 25.9. The molecule has 1 aliphatic heterocycles. The van der Waals surface area contributed by atoms with Gasteiger partial charge in [0.2, 0.25) is 0 Å². The number of amides is 3. The first-order valence-corrected chi connectivity index (χ1v) is 7.02. The Bertz CT molecular complexity index is 539. The van der Waals surface area contributed by atoms with E-state index < -0.39 is 5.54 Å². The van der Waals surface area contributed by atoms with Gasteiger partial charge < -0.3 is 5.32 Å². The Hall–Kier alpha value is -1.84. The molecule has 1 atom stereocenters. The van der Waals surface area contributed by atoms with Crippen LogP contribution in [0.2, 0.25) is 0 Å². The molecule has 0 saturated carbocycles. The zero-order valence-corrected chi connectivity index (χ0v) is 12.6. The highest BCUT2D eigenvalue weighted by atomic mass is 16.2. The fourth-order valence-electron chi connectivity index (χ4n) is 2.80. The molecule has 1 heterocycles. The minimum atomic E-state index is -0.770. The van der Waals surface area contributed by atoms with Crippen molar-refractivity contribution in [3.05, 3.63) is 35.4 Å². The van der Waals surface area contributed by atoms with E-state index in [1.165, 1.54) is 4.90 Å². The Morgan fingerprint density at radius 3 is 2.50 bits per heavy atom. The molecule has 1 aliphatic rings. The third-order valence-electron chi connectivity index (χ3n) is 3.75. The van der Waals surface area contributed by atoms with E-state index in [9.17, 15) is 9.59 Å². The monoisotopic (exact) mass is 274 g/mol. The van der Waals surface area contributed by atoms with Crippen LogP contribution >= 0.6 is 0 Å². The van der Waals surface area contributed by atoms with Gasteiger partial charge in [0.1, 0.15) is 5.54 Å². The first kappa shape index (κ1) is 14.6. The normalized spacial score (nSPS) is 22.6. The van der Waals surface area contributed by atoms with Crippen molar-refractivity contribution >= 4 is 11.9 Å². The van der Waals surface area contributed by atoms with Crippen molar-refractivity contribution in [2.24, 2.45) is 5.92 Å². The van der Waals surface area contributed by atoms with Gasteiger partial charge in [-0.2, -0.15) is 0 Å². The zero-order valence-electron chi connectivity index (χ0n) is 12.6. The summed E-state index contributed by atoms with van der Waals surface area (Å²) in [6, 6.07) is 7.53. The van der Waals surface area contributed by atoms with Gasteiger partial charge in [-0.3, -0.25) is 9.69 Å². The smallest absolute Gasteiger partial charge is 0.323 e. The maximum Gasteiger partial charge on any atom is 0.325 e. The Labute approximate surface area is 120 Å². The lowest BCUT2D eigenvalue weighted by molar-refractivity contribution is -0.131. The van der Waals surface area contributed by atoms with E-state index in [2.05, 4.69) is 19.2 Å². The molecule has 1 aromatic carbocycles. The summed E-state index contributed by atoms with van der Waals surface area (Å²) in [5.74, 6) is 0.224. The van der Waals surface area contributed by atoms with Gasteiger partial charge in [0.05, 0.1) is 6.54 Å². The largest absolute Gasteiger partial charge is 0.325 e. The van der Waals surface area contributed by atoms with Gasteiger partial charge in [0.25, 0.3) is 5.91 Å². The molecular weight excluding hydrogens is 252 g/mol. The van der Waals surface area contributed by atoms with Crippen molar-refractivity contribution in [1.82, 2.24) is 10.2 Å². The second-order valence-corrected chi connectivity index (χ2v) is 6.18. The van der Waals surface area contributed by atoms with Crippen LogP contribution in [0.15, 0.2) is 24.3 Å². The van der Waals surface area contributed by atoms with Gasteiger partial charge in [0.15, 0.2) is 0 Å². The highest BCUT2D eigenvalue weighted by Gasteiger charge is 2.47. The Morgan fingerprint density at radius 1 is 1.25 bits per heavy atom. The Balaban J connectivity index is 2.20. The molecule has 0 bridgehead atoms. The summed E-state index contributed by atoms with van der Waals surface area (Å²) >= 11 is 0. The number of aryl methyl sites for hydroxylation is 1.